The highest BCUT2D eigenvalue weighted by Crippen LogP contribution is 2.28. The van der Waals surface area contributed by atoms with E-state index in [2.05, 4.69) is 33.6 Å². The van der Waals surface area contributed by atoms with Gasteiger partial charge in [0.25, 0.3) is 5.91 Å². The maximum absolute atomic E-state index is 13.1. The minimum atomic E-state index is -0.362. The van der Waals surface area contributed by atoms with E-state index in [4.69, 9.17) is 0 Å². The van der Waals surface area contributed by atoms with Gasteiger partial charge in [0.05, 0.1) is 23.8 Å². The van der Waals surface area contributed by atoms with E-state index in [9.17, 15) is 9.59 Å². The Kier molecular flexibility index (Phi) is 5.18. The molecule has 1 aliphatic rings. The summed E-state index contributed by atoms with van der Waals surface area (Å²) >= 11 is 0. The summed E-state index contributed by atoms with van der Waals surface area (Å²) in [5.41, 5.74) is 5.16. The Hall–Kier alpha value is -3.74. The molecule has 0 bridgehead atoms. The van der Waals surface area contributed by atoms with Crippen LogP contribution in [0.5, 0.6) is 0 Å². The number of hydrogen-bond donors (Lipinski definition) is 2. The fourth-order valence-corrected chi connectivity index (χ4v) is 3.45. The average Bonchev–Trinajstić information content (AvgIpc) is 2.77. The van der Waals surface area contributed by atoms with E-state index < -0.39 is 0 Å². The molecule has 4 rings (SSSR count). The maximum atomic E-state index is 13.1. The Morgan fingerprint density at radius 1 is 1.13 bits per heavy atom. The standard InChI is InChI=1S/C23H23N5O2/c1-14-6-7-16(9-15(14)2)21(17-5-4-8-24-11-17)27-23(30)18-10-19-22(25-12-18)26-13-20(29)28(19)3/h4-12,21H,13H2,1-3H3,(H,25,26)(H,27,30). The Balaban J connectivity index is 1.67. The van der Waals surface area contributed by atoms with Crippen LogP contribution in [-0.4, -0.2) is 35.4 Å². The summed E-state index contributed by atoms with van der Waals surface area (Å²) in [5, 5.41) is 6.07. The third kappa shape index (κ3) is 3.74. The lowest BCUT2D eigenvalue weighted by Crippen LogP contribution is -2.37. The molecule has 2 N–H and O–H groups in total. The first-order valence-electron chi connectivity index (χ1n) is 9.72. The van der Waals surface area contributed by atoms with E-state index >= 15 is 0 Å². The van der Waals surface area contributed by atoms with Crippen LogP contribution >= 0.6 is 0 Å². The molecule has 3 aromatic rings. The SMILES string of the molecule is Cc1ccc(C(NC(=O)c2cnc3c(c2)N(C)C(=O)CN3)c2cccnc2)cc1C. The second-order valence-corrected chi connectivity index (χ2v) is 7.43. The summed E-state index contributed by atoms with van der Waals surface area (Å²) in [6.45, 7) is 4.30. The topological polar surface area (TPSA) is 87.2 Å². The molecule has 2 amide bonds. The monoisotopic (exact) mass is 401 g/mol. The van der Waals surface area contributed by atoms with Gasteiger partial charge < -0.3 is 15.5 Å². The number of likely N-dealkylation sites (N-methyl/N-ethyl adjacent to an activating group) is 1. The quantitative estimate of drug-likeness (QED) is 0.702. The highest BCUT2D eigenvalue weighted by molar-refractivity contribution is 6.03. The number of carbonyl (C=O) groups is 2. The number of anilines is 2. The smallest absolute Gasteiger partial charge is 0.253 e. The molecule has 1 atom stereocenters. The van der Waals surface area contributed by atoms with Crippen molar-refractivity contribution in [3.8, 4) is 0 Å². The fraction of sp³-hybridized carbons (Fsp3) is 0.217. The first-order valence-corrected chi connectivity index (χ1v) is 9.72. The summed E-state index contributed by atoms with van der Waals surface area (Å²) in [6, 6.07) is 11.3. The lowest BCUT2D eigenvalue weighted by atomic mass is 9.96. The second-order valence-electron chi connectivity index (χ2n) is 7.43. The van der Waals surface area contributed by atoms with Gasteiger partial charge in [0.1, 0.15) is 5.82 Å². The zero-order valence-corrected chi connectivity index (χ0v) is 17.1. The lowest BCUT2D eigenvalue weighted by molar-refractivity contribution is -0.116. The van der Waals surface area contributed by atoms with E-state index in [1.165, 1.54) is 16.7 Å². The molecule has 1 aromatic carbocycles. The van der Waals surface area contributed by atoms with Gasteiger partial charge in [-0.2, -0.15) is 0 Å². The summed E-state index contributed by atoms with van der Waals surface area (Å²) in [6.07, 6.45) is 4.98. The number of nitrogens with zero attached hydrogens (tertiary/aromatic N) is 3. The lowest BCUT2D eigenvalue weighted by Gasteiger charge is -2.26. The van der Waals surface area contributed by atoms with Gasteiger partial charge in [-0.3, -0.25) is 14.6 Å². The number of hydrogen-bond acceptors (Lipinski definition) is 5. The molecule has 0 fully saturated rings. The first-order chi connectivity index (χ1) is 14.4. The van der Waals surface area contributed by atoms with Crippen LogP contribution in [0.25, 0.3) is 0 Å². The van der Waals surface area contributed by atoms with Gasteiger partial charge in [-0.25, -0.2) is 4.98 Å². The van der Waals surface area contributed by atoms with Crippen LogP contribution in [0, 0.1) is 13.8 Å². The number of carbonyl (C=O) groups excluding carboxylic acids is 2. The highest BCUT2D eigenvalue weighted by Gasteiger charge is 2.24. The molecular formula is C23H23N5O2. The number of nitrogens with one attached hydrogen (secondary N) is 2. The molecule has 0 aliphatic carbocycles. The molecule has 0 radical (unpaired) electrons. The molecule has 7 heteroatoms. The number of benzene rings is 1. The molecular weight excluding hydrogens is 378 g/mol. The van der Waals surface area contributed by atoms with Gasteiger partial charge in [0, 0.05) is 25.6 Å². The molecule has 1 unspecified atom stereocenters. The van der Waals surface area contributed by atoms with Crippen molar-refractivity contribution in [3.05, 3.63) is 82.8 Å². The van der Waals surface area contributed by atoms with Crippen molar-refractivity contribution < 1.29 is 9.59 Å². The third-order valence-corrected chi connectivity index (χ3v) is 5.43. The van der Waals surface area contributed by atoms with E-state index in [1.807, 2.05) is 31.2 Å². The summed E-state index contributed by atoms with van der Waals surface area (Å²) in [7, 11) is 1.68. The predicted octanol–water partition coefficient (Wildman–Crippen LogP) is 3.00. The fourth-order valence-electron chi connectivity index (χ4n) is 3.45. The van der Waals surface area contributed by atoms with Crippen molar-refractivity contribution in [3.63, 3.8) is 0 Å². The zero-order chi connectivity index (χ0) is 21.3. The summed E-state index contributed by atoms with van der Waals surface area (Å²) < 4.78 is 0. The van der Waals surface area contributed by atoms with Crippen LogP contribution in [-0.2, 0) is 4.79 Å². The van der Waals surface area contributed by atoms with Crippen molar-refractivity contribution in [2.24, 2.45) is 0 Å². The minimum Gasteiger partial charge on any atom is -0.359 e. The van der Waals surface area contributed by atoms with Crippen LogP contribution in [0.3, 0.4) is 0 Å². The molecule has 1 aliphatic heterocycles. The van der Waals surface area contributed by atoms with Crippen LogP contribution in [0.2, 0.25) is 0 Å². The number of pyridine rings is 2. The van der Waals surface area contributed by atoms with Crippen LogP contribution in [0.4, 0.5) is 11.5 Å². The van der Waals surface area contributed by atoms with Crippen LogP contribution in [0.15, 0.2) is 55.0 Å². The Labute approximate surface area is 175 Å². The Bertz CT molecular complexity index is 1110. The molecule has 0 saturated carbocycles. The highest BCUT2D eigenvalue weighted by atomic mass is 16.2. The van der Waals surface area contributed by atoms with E-state index in [1.54, 1.807) is 25.5 Å². The molecule has 2 aromatic heterocycles. The maximum Gasteiger partial charge on any atom is 0.253 e. The van der Waals surface area contributed by atoms with Crippen molar-refractivity contribution >= 4 is 23.3 Å². The Morgan fingerprint density at radius 2 is 1.97 bits per heavy atom. The normalized spacial score (nSPS) is 14.0. The second kappa shape index (κ2) is 7.94. The average molecular weight is 401 g/mol. The number of aromatic nitrogens is 2. The molecule has 0 spiro atoms. The number of fused-ring (bicyclic) bond motifs is 1. The van der Waals surface area contributed by atoms with E-state index in [0.29, 0.717) is 17.1 Å². The van der Waals surface area contributed by atoms with Gasteiger partial charge >= 0.3 is 0 Å². The minimum absolute atomic E-state index is 0.0785. The van der Waals surface area contributed by atoms with Gasteiger partial charge in [-0.15, -0.1) is 0 Å². The van der Waals surface area contributed by atoms with Gasteiger partial charge in [-0.05, 0) is 48.2 Å². The van der Waals surface area contributed by atoms with Gasteiger partial charge in [-0.1, -0.05) is 24.3 Å². The van der Waals surface area contributed by atoms with Crippen LogP contribution in [0.1, 0.15) is 38.7 Å². The first kappa shape index (κ1) is 19.6. The number of aryl methyl sites for hydroxylation is 2. The van der Waals surface area contributed by atoms with E-state index in [-0.39, 0.29) is 24.4 Å². The van der Waals surface area contributed by atoms with Crippen molar-refractivity contribution in [2.45, 2.75) is 19.9 Å². The zero-order valence-electron chi connectivity index (χ0n) is 17.1. The van der Waals surface area contributed by atoms with E-state index in [0.717, 1.165) is 16.7 Å². The molecule has 7 nitrogen and oxygen atoms in total. The van der Waals surface area contributed by atoms with Crippen molar-refractivity contribution in [1.29, 1.82) is 0 Å². The van der Waals surface area contributed by atoms with Crippen LogP contribution < -0.4 is 15.5 Å². The summed E-state index contributed by atoms with van der Waals surface area (Å²) in [4.78, 5) is 35.2. The van der Waals surface area contributed by atoms with Gasteiger partial charge in [0.2, 0.25) is 5.91 Å². The van der Waals surface area contributed by atoms with Gasteiger partial charge in [0.15, 0.2) is 0 Å². The Morgan fingerprint density at radius 3 is 2.70 bits per heavy atom. The number of amides is 2. The molecule has 0 saturated heterocycles. The predicted molar refractivity (Wildman–Crippen MR) is 116 cm³/mol. The third-order valence-electron chi connectivity index (χ3n) is 5.43. The number of rotatable bonds is 4. The molecule has 30 heavy (non-hydrogen) atoms. The largest absolute Gasteiger partial charge is 0.359 e. The molecule has 152 valence electrons. The van der Waals surface area contributed by atoms with Crippen molar-refractivity contribution in [2.75, 3.05) is 23.8 Å². The summed E-state index contributed by atoms with van der Waals surface area (Å²) in [5.74, 6) is 0.237. The van der Waals surface area contributed by atoms with Crippen molar-refractivity contribution in [1.82, 2.24) is 15.3 Å². The molecule has 3 heterocycles.